The van der Waals surface area contributed by atoms with Gasteiger partial charge in [0, 0.05) is 38.8 Å². The number of methoxy groups -OCH3 is 1. The van der Waals surface area contributed by atoms with Crippen molar-refractivity contribution in [2.75, 3.05) is 73.0 Å². The molecule has 0 aromatic rings. The van der Waals surface area contributed by atoms with Gasteiger partial charge in [-0.2, -0.15) is 0 Å². The van der Waals surface area contributed by atoms with Gasteiger partial charge in [0.1, 0.15) is 12.2 Å². The lowest BCUT2D eigenvalue weighted by Gasteiger charge is -2.22. The maximum Gasteiger partial charge on any atom is 0.306 e. The van der Waals surface area contributed by atoms with Crippen molar-refractivity contribution >= 4 is 28.9 Å². The molecule has 0 rings (SSSR count). The van der Waals surface area contributed by atoms with Gasteiger partial charge in [-0.05, 0) is 39.9 Å². The maximum atomic E-state index is 12.6. The Morgan fingerprint density at radius 3 is 1.79 bits per heavy atom. The summed E-state index contributed by atoms with van der Waals surface area (Å²) in [6.45, 7) is 0.310. The monoisotopic (exact) mass is 496 g/mol. The first-order valence-corrected chi connectivity index (χ1v) is 12.0. The summed E-state index contributed by atoms with van der Waals surface area (Å²) in [5, 5.41) is 27.0. The standard InChI is InChI=1S/C21H40N2O9S/c1-22(2)9-6-12-33-21(29)23(10-4-7-19(27)31-17(13-24)14-25)11-5-8-20(28)32-18(15-26)16-30-3/h17-18,24-26H,4-16H2,1-3H3. The highest BCUT2D eigenvalue weighted by molar-refractivity contribution is 8.13. The lowest BCUT2D eigenvalue weighted by Crippen LogP contribution is -2.32. The number of aliphatic hydroxyl groups excluding tert-OH is 3. The maximum absolute atomic E-state index is 12.6. The highest BCUT2D eigenvalue weighted by atomic mass is 32.2. The summed E-state index contributed by atoms with van der Waals surface area (Å²) in [6, 6.07) is 0. The van der Waals surface area contributed by atoms with Crippen LogP contribution in [0.15, 0.2) is 0 Å². The fourth-order valence-electron chi connectivity index (χ4n) is 2.69. The molecule has 0 radical (unpaired) electrons. The molecular formula is C21H40N2O9S. The van der Waals surface area contributed by atoms with Crippen molar-refractivity contribution in [3.05, 3.63) is 0 Å². The molecule has 1 amide bonds. The number of hydrogen-bond acceptors (Lipinski definition) is 11. The largest absolute Gasteiger partial charge is 0.457 e. The van der Waals surface area contributed by atoms with E-state index in [1.54, 1.807) is 4.90 Å². The lowest BCUT2D eigenvalue weighted by atomic mass is 10.2. The van der Waals surface area contributed by atoms with E-state index in [2.05, 4.69) is 0 Å². The molecule has 194 valence electrons. The molecule has 0 fully saturated rings. The summed E-state index contributed by atoms with van der Waals surface area (Å²) in [5.41, 5.74) is 0. The zero-order chi connectivity index (χ0) is 25.1. The average molecular weight is 497 g/mol. The van der Waals surface area contributed by atoms with E-state index in [0.717, 1.165) is 13.0 Å². The van der Waals surface area contributed by atoms with Gasteiger partial charge >= 0.3 is 11.9 Å². The van der Waals surface area contributed by atoms with Gasteiger partial charge in [0.15, 0.2) is 0 Å². The number of ether oxygens (including phenoxy) is 3. The molecule has 0 aromatic heterocycles. The molecule has 1 unspecified atom stereocenters. The van der Waals surface area contributed by atoms with E-state index < -0.39 is 37.4 Å². The van der Waals surface area contributed by atoms with Gasteiger partial charge < -0.3 is 39.3 Å². The average Bonchev–Trinajstić information content (AvgIpc) is 2.78. The van der Waals surface area contributed by atoms with E-state index in [1.165, 1.54) is 18.9 Å². The molecule has 0 bridgehead atoms. The van der Waals surface area contributed by atoms with Crippen LogP contribution >= 0.6 is 11.8 Å². The number of rotatable bonds is 19. The second-order valence-corrected chi connectivity index (χ2v) is 8.74. The molecule has 0 saturated heterocycles. The predicted octanol–water partition coefficient (Wildman–Crippen LogP) is 0.101. The Hall–Kier alpha value is -1.44. The van der Waals surface area contributed by atoms with Crippen molar-refractivity contribution in [3.8, 4) is 0 Å². The summed E-state index contributed by atoms with van der Waals surface area (Å²) >= 11 is 1.20. The second-order valence-electron chi connectivity index (χ2n) is 7.69. The van der Waals surface area contributed by atoms with E-state index in [1.807, 2.05) is 19.0 Å². The minimum atomic E-state index is -0.950. The van der Waals surface area contributed by atoms with Crippen LogP contribution in [0.1, 0.15) is 32.1 Å². The van der Waals surface area contributed by atoms with Crippen LogP contribution < -0.4 is 0 Å². The zero-order valence-electron chi connectivity index (χ0n) is 19.9. The van der Waals surface area contributed by atoms with Gasteiger partial charge in [-0.25, -0.2) is 0 Å². The number of carbonyl (C=O) groups is 3. The van der Waals surface area contributed by atoms with Gasteiger partial charge in [0.05, 0.1) is 26.4 Å². The number of esters is 2. The van der Waals surface area contributed by atoms with E-state index in [9.17, 15) is 19.5 Å². The van der Waals surface area contributed by atoms with Crippen molar-refractivity contribution in [1.29, 1.82) is 0 Å². The van der Waals surface area contributed by atoms with Crippen molar-refractivity contribution in [2.45, 2.75) is 44.3 Å². The Bertz CT molecular complexity index is 548. The number of carbonyl (C=O) groups excluding carboxylic acids is 3. The Kier molecular flexibility index (Phi) is 19.1. The third kappa shape index (κ3) is 16.8. The first kappa shape index (κ1) is 31.6. The van der Waals surface area contributed by atoms with Crippen LogP contribution in [0.3, 0.4) is 0 Å². The van der Waals surface area contributed by atoms with Crippen molar-refractivity contribution in [2.24, 2.45) is 0 Å². The van der Waals surface area contributed by atoms with Crippen LogP contribution in [0.2, 0.25) is 0 Å². The predicted molar refractivity (Wildman–Crippen MR) is 124 cm³/mol. The Balaban J connectivity index is 4.62. The lowest BCUT2D eigenvalue weighted by molar-refractivity contribution is -0.154. The smallest absolute Gasteiger partial charge is 0.306 e. The van der Waals surface area contributed by atoms with Crippen molar-refractivity contribution in [3.63, 3.8) is 0 Å². The van der Waals surface area contributed by atoms with Crippen molar-refractivity contribution < 1.29 is 43.9 Å². The molecule has 12 heteroatoms. The number of nitrogens with zero attached hydrogens (tertiary/aromatic N) is 2. The van der Waals surface area contributed by atoms with Crippen molar-refractivity contribution in [1.82, 2.24) is 9.80 Å². The summed E-state index contributed by atoms with van der Waals surface area (Å²) in [7, 11) is 5.37. The number of hydrogen-bond donors (Lipinski definition) is 3. The van der Waals surface area contributed by atoms with E-state index in [4.69, 9.17) is 24.4 Å². The summed E-state index contributed by atoms with van der Waals surface area (Å²) in [6.07, 6.45) is -0.00183. The molecule has 0 aliphatic heterocycles. The highest BCUT2D eigenvalue weighted by Crippen LogP contribution is 2.13. The molecule has 0 aromatic carbocycles. The molecule has 11 nitrogen and oxygen atoms in total. The summed E-state index contributed by atoms with van der Waals surface area (Å²) < 4.78 is 14.9. The molecule has 0 aliphatic rings. The van der Waals surface area contributed by atoms with Crippen LogP contribution in [-0.2, 0) is 23.8 Å². The molecule has 0 saturated carbocycles. The minimum Gasteiger partial charge on any atom is -0.457 e. The quantitative estimate of drug-likeness (QED) is 0.165. The van der Waals surface area contributed by atoms with Crippen LogP contribution in [-0.4, -0.2) is 128 Å². The molecule has 33 heavy (non-hydrogen) atoms. The molecule has 3 N–H and O–H groups in total. The van der Waals surface area contributed by atoms with E-state index in [0.29, 0.717) is 31.7 Å². The van der Waals surface area contributed by atoms with Gasteiger partial charge in [-0.15, -0.1) is 0 Å². The zero-order valence-corrected chi connectivity index (χ0v) is 20.8. The first-order valence-electron chi connectivity index (χ1n) is 11.0. The third-order valence-electron chi connectivity index (χ3n) is 4.41. The van der Waals surface area contributed by atoms with Crippen LogP contribution in [0.4, 0.5) is 4.79 Å². The van der Waals surface area contributed by atoms with Gasteiger partial charge in [-0.1, -0.05) is 11.8 Å². The molecule has 0 heterocycles. The fraction of sp³-hybridized carbons (Fsp3) is 0.857. The molecular weight excluding hydrogens is 456 g/mol. The topological polar surface area (TPSA) is 146 Å². The normalized spacial score (nSPS) is 12.1. The number of amides is 1. The SMILES string of the molecule is COCC(CO)OC(=O)CCCN(CCCC(=O)OC(CO)CO)C(=O)SCCCN(C)C. The second kappa shape index (κ2) is 20.0. The van der Waals surface area contributed by atoms with E-state index in [-0.39, 0.29) is 31.3 Å². The van der Waals surface area contributed by atoms with Gasteiger partial charge in [0.25, 0.3) is 5.24 Å². The van der Waals surface area contributed by atoms with Gasteiger partial charge in [0.2, 0.25) is 0 Å². The molecule has 0 aliphatic carbocycles. The first-order chi connectivity index (χ1) is 15.8. The Morgan fingerprint density at radius 2 is 1.33 bits per heavy atom. The minimum absolute atomic E-state index is 0.0306. The Labute approximate surface area is 200 Å². The van der Waals surface area contributed by atoms with Crippen LogP contribution in [0.25, 0.3) is 0 Å². The van der Waals surface area contributed by atoms with E-state index >= 15 is 0 Å². The van der Waals surface area contributed by atoms with Crippen LogP contribution in [0, 0.1) is 0 Å². The highest BCUT2D eigenvalue weighted by Gasteiger charge is 2.18. The summed E-state index contributed by atoms with van der Waals surface area (Å²) in [5.74, 6) is -0.396. The number of aliphatic hydroxyl groups is 3. The Morgan fingerprint density at radius 1 is 0.818 bits per heavy atom. The van der Waals surface area contributed by atoms with Crippen LogP contribution in [0.5, 0.6) is 0 Å². The van der Waals surface area contributed by atoms with Gasteiger partial charge in [-0.3, -0.25) is 14.4 Å². The number of thioether (sulfide) groups is 1. The summed E-state index contributed by atoms with van der Waals surface area (Å²) in [4.78, 5) is 40.1. The molecule has 1 atom stereocenters. The fourth-order valence-corrected chi connectivity index (χ4v) is 3.50. The third-order valence-corrected chi connectivity index (χ3v) is 5.41. The molecule has 0 spiro atoms.